The maximum absolute atomic E-state index is 10.1. The van der Waals surface area contributed by atoms with Crippen LogP contribution in [0.15, 0.2) is 0 Å². The minimum absolute atomic E-state index is 0.100. The Bertz CT molecular complexity index is 54.9. The SMILES string of the molecule is CCCCOC(C)C[O]. The molecule has 0 spiro atoms. The maximum Gasteiger partial charge on any atom is 0.108 e. The Morgan fingerprint density at radius 2 is 2.22 bits per heavy atom. The molecule has 2 heteroatoms. The Labute approximate surface area is 56.8 Å². The van der Waals surface area contributed by atoms with Crippen molar-refractivity contribution in [2.45, 2.75) is 32.8 Å². The van der Waals surface area contributed by atoms with Crippen LogP contribution in [0.3, 0.4) is 0 Å². The number of unbranched alkanes of at least 4 members (excludes halogenated alkanes) is 1. The molecule has 1 radical (unpaired) electrons. The Morgan fingerprint density at radius 3 is 2.67 bits per heavy atom. The minimum atomic E-state index is -0.121. The van der Waals surface area contributed by atoms with E-state index in [0.717, 1.165) is 19.4 Å². The Kier molecular flexibility index (Phi) is 5.99. The van der Waals surface area contributed by atoms with E-state index >= 15 is 0 Å². The van der Waals surface area contributed by atoms with Gasteiger partial charge in [-0.05, 0) is 13.3 Å². The molecule has 1 atom stereocenters. The van der Waals surface area contributed by atoms with Crippen LogP contribution < -0.4 is 0 Å². The largest absolute Gasteiger partial charge is 0.376 e. The van der Waals surface area contributed by atoms with E-state index in [-0.39, 0.29) is 12.7 Å². The summed E-state index contributed by atoms with van der Waals surface area (Å²) in [5.41, 5.74) is 0. The molecule has 0 aliphatic heterocycles. The van der Waals surface area contributed by atoms with E-state index in [9.17, 15) is 5.11 Å². The van der Waals surface area contributed by atoms with Gasteiger partial charge in [0.25, 0.3) is 0 Å². The summed E-state index contributed by atoms with van der Waals surface area (Å²) in [6, 6.07) is 0. The summed E-state index contributed by atoms with van der Waals surface area (Å²) >= 11 is 0. The van der Waals surface area contributed by atoms with E-state index in [1.54, 1.807) is 0 Å². The number of ether oxygens (including phenoxy) is 1. The van der Waals surface area contributed by atoms with Crippen molar-refractivity contribution in [3.8, 4) is 0 Å². The van der Waals surface area contributed by atoms with Crippen LogP contribution in [-0.2, 0) is 9.84 Å². The highest BCUT2D eigenvalue weighted by atomic mass is 16.5. The molecular weight excluding hydrogens is 116 g/mol. The lowest BCUT2D eigenvalue weighted by Crippen LogP contribution is -2.12. The van der Waals surface area contributed by atoms with Crippen LogP contribution in [0.4, 0.5) is 0 Å². The first kappa shape index (κ1) is 8.92. The fourth-order valence-electron chi connectivity index (χ4n) is 0.477. The van der Waals surface area contributed by atoms with Crippen molar-refractivity contribution in [3.63, 3.8) is 0 Å². The summed E-state index contributed by atoms with van der Waals surface area (Å²) in [4.78, 5) is 0. The summed E-state index contributed by atoms with van der Waals surface area (Å²) in [7, 11) is 0. The van der Waals surface area contributed by atoms with Crippen LogP contribution in [0.2, 0.25) is 0 Å². The van der Waals surface area contributed by atoms with Gasteiger partial charge in [-0.2, -0.15) is 0 Å². The summed E-state index contributed by atoms with van der Waals surface area (Å²) in [6.07, 6.45) is 2.09. The van der Waals surface area contributed by atoms with Gasteiger partial charge in [-0.15, -0.1) is 0 Å². The molecule has 0 aromatic carbocycles. The van der Waals surface area contributed by atoms with Gasteiger partial charge in [0.1, 0.15) is 6.61 Å². The van der Waals surface area contributed by atoms with Crippen molar-refractivity contribution in [2.24, 2.45) is 0 Å². The van der Waals surface area contributed by atoms with E-state index in [4.69, 9.17) is 4.74 Å². The zero-order valence-electron chi connectivity index (χ0n) is 6.22. The number of hydrogen-bond donors (Lipinski definition) is 0. The van der Waals surface area contributed by atoms with Crippen LogP contribution in [-0.4, -0.2) is 19.3 Å². The topological polar surface area (TPSA) is 29.1 Å². The number of hydrogen-bond acceptors (Lipinski definition) is 1. The van der Waals surface area contributed by atoms with E-state index in [1.807, 2.05) is 6.92 Å². The second kappa shape index (κ2) is 6.05. The molecule has 0 aliphatic rings. The minimum Gasteiger partial charge on any atom is -0.376 e. The van der Waals surface area contributed by atoms with Crippen molar-refractivity contribution in [2.75, 3.05) is 13.2 Å². The predicted octanol–water partition coefficient (Wildman–Crippen LogP) is 1.62. The monoisotopic (exact) mass is 131 g/mol. The van der Waals surface area contributed by atoms with Crippen LogP contribution in [0.25, 0.3) is 0 Å². The molecule has 0 fully saturated rings. The predicted molar refractivity (Wildman–Crippen MR) is 35.9 cm³/mol. The van der Waals surface area contributed by atoms with Gasteiger partial charge >= 0.3 is 0 Å². The lowest BCUT2D eigenvalue weighted by Gasteiger charge is -2.06. The standard InChI is InChI=1S/C7H15O2/c1-3-4-5-9-7(2)6-8/h7H,3-6H2,1-2H3. The third kappa shape index (κ3) is 5.80. The molecule has 0 saturated carbocycles. The van der Waals surface area contributed by atoms with Gasteiger partial charge in [0, 0.05) is 6.61 Å². The number of rotatable bonds is 5. The molecule has 2 nitrogen and oxygen atoms in total. The Morgan fingerprint density at radius 1 is 1.56 bits per heavy atom. The van der Waals surface area contributed by atoms with Gasteiger partial charge in [-0.1, -0.05) is 13.3 Å². The summed E-state index contributed by atoms with van der Waals surface area (Å²) in [6.45, 7) is 4.53. The molecule has 0 aromatic heterocycles. The van der Waals surface area contributed by atoms with Crippen LogP contribution >= 0.6 is 0 Å². The summed E-state index contributed by atoms with van der Waals surface area (Å²) in [5, 5.41) is 10.1. The van der Waals surface area contributed by atoms with Crippen LogP contribution in [0.5, 0.6) is 0 Å². The molecule has 55 valence electrons. The fourth-order valence-corrected chi connectivity index (χ4v) is 0.477. The molecule has 0 aliphatic carbocycles. The van der Waals surface area contributed by atoms with Gasteiger partial charge in [0.2, 0.25) is 0 Å². The second-order valence-electron chi connectivity index (χ2n) is 2.20. The first-order chi connectivity index (χ1) is 4.31. The highest BCUT2D eigenvalue weighted by Crippen LogP contribution is 1.92. The lowest BCUT2D eigenvalue weighted by atomic mass is 10.3. The van der Waals surface area contributed by atoms with E-state index < -0.39 is 0 Å². The first-order valence-corrected chi connectivity index (χ1v) is 3.51. The first-order valence-electron chi connectivity index (χ1n) is 3.51. The third-order valence-corrected chi connectivity index (χ3v) is 1.13. The van der Waals surface area contributed by atoms with Crippen LogP contribution in [0, 0.1) is 0 Å². The average Bonchev–Trinajstić information content (AvgIpc) is 1.89. The average molecular weight is 131 g/mol. The quantitative estimate of drug-likeness (QED) is 0.521. The molecule has 0 aromatic rings. The van der Waals surface area contributed by atoms with Crippen molar-refractivity contribution < 1.29 is 9.84 Å². The molecule has 0 rings (SSSR count). The zero-order valence-corrected chi connectivity index (χ0v) is 6.22. The van der Waals surface area contributed by atoms with E-state index in [0.29, 0.717) is 0 Å². The molecule has 0 bridgehead atoms. The normalized spacial score (nSPS) is 13.7. The molecule has 0 heterocycles. The fraction of sp³-hybridized carbons (Fsp3) is 1.00. The molecule has 0 amide bonds. The highest BCUT2D eigenvalue weighted by molar-refractivity contribution is 4.43. The molecular formula is C7H15O2. The third-order valence-electron chi connectivity index (χ3n) is 1.13. The van der Waals surface area contributed by atoms with Crippen molar-refractivity contribution >= 4 is 0 Å². The molecule has 9 heavy (non-hydrogen) atoms. The van der Waals surface area contributed by atoms with Crippen molar-refractivity contribution in [3.05, 3.63) is 0 Å². The molecule has 1 unspecified atom stereocenters. The Hall–Kier alpha value is -0.0800. The lowest BCUT2D eigenvalue weighted by molar-refractivity contribution is 0.00124. The highest BCUT2D eigenvalue weighted by Gasteiger charge is 1.97. The zero-order chi connectivity index (χ0) is 7.11. The molecule has 0 N–H and O–H groups in total. The summed E-state index contributed by atoms with van der Waals surface area (Å²) < 4.78 is 5.12. The molecule has 0 saturated heterocycles. The van der Waals surface area contributed by atoms with Gasteiger partial charge < -0.3 is 4.74 Å². The van der Waals surface area contributed by atoms with Gasteiger partial charge in [-0.3, -0.25) is 0 Å². The maximum atomic E-state index is 10.1. The second-order valence-corrected chi connectivity index (χ2v) is 2.20. The van der Waals surface area contributed by atoms with E-state index in [1.165, 1.54) is 0 Å². The summed E-state index contributed by atoms with van der Waals surface area (Å²) in [5.74, 6) is 0. The van der Waals surface area contributed by atoms with Gasteiger partial charge in [0.05, 0.1) is 6.10 Å². The van der Waals surface area contributed by atoms with Crippen molar-refractivity contribution in [1.82, 2.24) is 0 Å². The van der Waals surface area contributed by atoms with Crippen molar-refractivity contribution in [1.29, 1.82) is 0 Å². The smallest absolute Gasteiger partial charge is 0.108 e. The van der Waals surface area contributed by atoms with Crippen LogP contribution in [0.1, 0.15) is 26.7 Å². The Balaban J connectivity index is 2.88. The van der Waals surface area contributed by atoms with Gasteiger partial charge in [0.15, 0.2) is 0 Å². The van der Waals surface area contributed by atoms with E-state index in [2.05, 4.69) is 6.92 Å². The van der Waals surface area contributed by atoms with Gasteiger partial charge in [-0.25, -0.2) is 5.11 Å².